The van der Waals surface area contributed by atoms with Crippen molar-refractivity contribution in [2.45, 2.75) is 77.3 Å². The summed E-state index contributed by atoms with van der Waals surface area (Å²) < 4.78 is 27.3. The molecule has 0 N–H and O–H groups in total. The van der Waals surface area contributed by atoms with Crippen LogP contribution in [0.4, 0.5) is 4.39 Å². The van der Waals surface area contributed by atoms with Crippen LogP contribution in [0.1, 0.15) is 81.1 Å². The van der Waals surface area contributed by atoms with Crippen LogP contribution in [0.3, 0.4) is 0 Å². The van der Waals surface area contributed by atoms with E-state index in [-0.39, 0.29) is 18.1 Å². The fourth-order valence-electron chi connectivity index (χ4n) is 5.85. The van der Waals surface area contributed by atoms with Crippen molar-refractivity contribution in [2.24, 2.45) is 11.8 Å². The van der Waals surface area contributed by atoms with E-state index in [1.165, 1.54) is 38.6 Å². The molecular weight excluding hydrogens is 393 g/mol. The lowest BCUT2D eigenvalue weighted by Gasteiger charge is -2.36. The summed E-state index contributed by atoms with van der Waals surface area (Å²) in [5, 5.41) is 0. The molecule has 0 bridgehead atoms. The van der Waals surface area contributed by atoms with Crippen molar-refractivity contribution in [1.82, 2.24) is 4.90 Å². The normalized spacial score (nSPS) is 25.6. The number of fused-ring (bicyclic) bond motifs is 1. The summed E-state index contributed by atoms with van der Waals surface area (Å²) in [6, 6.07) is 3.51. The summed E-state index contributed by atoms with van der Waals surface area (Å²) >= 11 is 0. The van der Waals surface area contributed by atoms with E-state index in [0.29, 0.717) is 36.7 Å². The molecule has 0 amide bonds. The molecule has 172 valence electrons. The van der Waals surface area contributed by atoms with Gasteiger partial charge in [0, 0.05) is 18.5 Å². The van der Waals surface area contributed by atoms with Gasteiger partial charge < -0.3 is 14.4 Å². The van der Waals surface area contributed by atoms with Crippen molar-refractivity contribution >= 4 is 5.78 Å². The predicted molar refractivity (Wildman–Crippen MR) is 121 cm³/mol. The van der Waals surface area contributed by atoms with Gasteiger partial charge in [0.1, 0.15) is 0 Å². The smallest absolute Gasteiger partial charge is 0.200 e. The fourth-order valence-corrected chi connectivity index (χ4v) is 5.85. The lowest BCUT2D eigenvalue weighted by Crippen LogP contribution is -2.41. The van der Waals surface area contributed by atoms with Gasteiger partial charge in [-0.3, -0.25) is 4.79 Å². The van der Waals surface area contributed by atoms with E-state index in [1.807, 2.05) is 19.9 Å². The van der Waals surface area contributed by atoms with E-state index in [4.69, 9.17) is 9.47 Å². The van der Waals surface area contributed by atoms with E-state index in [2.05, 4.69) is 4.90 Å². The standard InChI is InChI=1S/C26H38FNO3/c1-3-30-23-14-21-17-26(27,25(29)22(21)15-24(23)31-4-2)16-19-10-12-28(13-11-19)18-20-8-6-5-7-9-20/h14-15,19-20H,3-13,16-18H2,1-2H3. The van der Waals surface area contributed by atoms with E-state index in [1.54, 1.807) is 6.07 Å². The van der Waals surface area contributed by atoms with Gasteiger partial charge in [0.15, 0.2) is 17.2 Å². The number of ketones is 1. The van der Waals surface area contributed by atoms with Crippen LogP contribution in [0.5, 0.6) is 11.5 Å². The number of hydrogen-bond acceptors (Lipinski definition) is 4. The van der Waals surface area contributed by atoms with Crippen LogP contribution >= 0.6 is 0 Å². The van der Waals surface area contributed by atoms with Gasteiger partial charge >= 0.3 is 0 Å². The zero-order valence-electron chi connectivity index (χ0n) is 19.3. The van der Waals surface area contributed by atoms with Crippen molar-refractivity contribution in [3.63, 3.8) is 0 Å². The maximum absolute atomic E-state index is 15.9. The molecule has 0 aromatic heterocycles. The number of Topliss-reactive ketones (excluding diaryl/α,β-unsaturated/α-hetero) is 1. The summed E-state index contributed by atoms with van der Waals surface area (Å²) in [6.07, 6.45) is 9.38. The zero-order valence-corrected chi connectivity index (χ0v) is 19.3. The quantitative estimate of drug-likeness (QED) is 0.536. The molecule has 1 aromatic carbocycles. The Bertz CT molecular complexity index is 768. The first-order valence-corrected chi connectivity index (χ1v) is 12.4. The molecule has 1 aliphatic heterocycles. The summed E-state index contributed by atoms with van der Waals surface area (Å²) in [7, 11) is 0. The number of carbonyl (C=O) groups is 1. The number of likely N-dealkylation sites (tertiary alicyclic amines) is 1. The van der Waals surface area contributed by atoms with Crippen LogP contribution in [-0.4, -0.2) is 49.2 Å². The molecule has 5 heteroatoms. The molecule has 2 fully saturated rings. The molecular formula is C26H38FNO3. The van der Waals surface area contributed by atoms with Gasteiger partial charge in [-0.2, -0.15) is 0 Å². The third-order valence-corrected chi connectivity index (χ3v) is 7.45. The molecule has 0 spiro atoms. The highest BCUT2D eigenvalue weighted by Gasteiger charge is 2.48. The second-order valence-electron chi connectivity index (χ2n) is 9.75. The Morgan fingerprint density at radius 1 is 0.968 bits per heavy atom. The number of ether oxygens (including phenoxy) is 2. The molecule has 1 aromatic rings. The van der Waals surface area contributed by atoms with Crippen LogP contribution in [0, 0.1) is 11.8 Å². The fraction of sp³-hybridized carbons (Fsp3) is 0.731. The topological polar surface area (TPSA) is 38.8 Å². The van der Waals surface area contributed by atoms with E-state index < -0.39 is 5.67 Å². The number of piperidine rings is 1. The molecule has 1 atom stereocenters. The lowest BCUT2D eigenvalue weighted by molar-refractivity contribution is 0.0576. The SMILES string of the molecule is CCOc1cc2c(cc1OCC)C(=O)C(F)(CC1CCN(CC3CCCCC3)CC1)C2. The second-order valence-corrected chi connectivity index (χ2v) is 9.75. The zero-order chi connectivity index (χ0) is 21.8. The number of benzene rings is 1. The van der Waals surface area contributed by atoms with Crippen LogP contribution < -0.4 is 9.47 Å². The monoisotopic (exact) mass is 431 g/mol. The van der Waals surface area contributed by atoms with Gasteiger partial charge in [-0.05, 0) is 88.6 Å². The van der Waals surface area contributed by atoms with Crippen LogP contribution in [0.15, 0.2) is 12.1 Å². The van der Waals surface area contributed by atoms with Gasteiger partial charge in [0.05, 0.1) is 13.2 Å². The van der Waals surface area contributed by atoms with Gasteiger partial charge in [-0.25, -0.2) is 4.39 Å². The number of nitrogens with zero attached hydrogens (tertiary/aromatic N) is 1. The molecule has 4 rings (SSSR count). The van der Waals surface area contributed by atoms with Gasteiger partial charge in [0.2, 0.25) is 5.78 Å². The first-order chi connectivity index (χ1) is 15.0. The molecule has 1 heterocycles. The van der Waals surface area contributed by atoms with Crippen LogP contribution in [0.25, 0.3) is 0 Å². The lowest BCUT2D eigenvalue weighted by atomic mass is 9.82. The largest absolute Gasteiger partial charge is 0.490 e. The summed E-state index contributed by atoms with van der Waals surface area (Å²) in [5.74, 6) is 1.91. The number of rotatable bonds is 8. The first-order valence-electron chi connectivity index (χ1n) is 12.4. The van der Waals surface area contributed by atoms with E-state index in [9.17, 15) is 4.79 Å². The number of hydrogen-bond donors (Lipinski definition) is 0. The summed E-state index contributed by atoms with van der Waals surface area (Å²) in [4.78, 5) is 15.6. The Morgan fingerprint density at radius 3 is 2.26 bits per heavy atom. The maximum atomic E-state index is 15.9. The van der Waals surface area contributed by atoms with Crippen molar-refractivity contribution in [3.8, 4) is 11.5 Å². The minimum Gasteiger partial charge on any atom is -0.490 e. The third kappa shape index (κ3) is 5.08. The molecule has 31 heavy (non-hydrogen) atoms. The van der Waals surface area contributed by atoms with E-state index >= 15 is 4.39 Å². The number of carbonyl (C=O) groups excluding carboxylic acids is 1. The van der Waals surface area contributed by atoms with Gasteiger partial charge in [0.25, 0.3) is 0 Å². The Hall–Kier alpha value is -1.62. The Morgan fingerprint density at radius 2 is 1.61 bits per heavy atom. The maximum Gasteiger partial charge on any atom is 0.200 e. The molecule has 3 aliphatic rings. The highest BCUT2D eigenvalue weighted by atomic mass is 19.1. The van der Waals surface area contributed by atoms with Gasteiger partial charge in [-0.1, -0.05) is 19.3 Å². The molecule has 2 aliphatic carbocycles. The number of alkyl halides is 1. The summed E-state index contributed by atoms with van der Waals surface area (Å²) in [6.45, 7) is 8.08. The van der Waals surface area contributed by atoms with Crippen molar-refractivity contribution in [1.29, 1.82) is 0 Å². The molecule has 1 saturated heterocycles. The van der Waals surface area contributed by atoms with Gasteiger partial charge in [-0.15, -0.1) is 0 Å². The van der Waals surface area contributed by atoms with Crippen molar-refractivity contribution in [2.75, 3.05) is 32.8 Å². The minimum atomic E-state index is -1.78. The average Bonchev–Trinajstić information content (AvgIpc) is 3.00. The van der Waals surface area contributed by atoms with Crippen LogP contribution in [-0.2, 0) is 6.42 Å². The molecule has 1 unspecified atom stereocenters. The highest BCUT2D eigenvalue weighted by molar-refractivity contribution is 6.07. The third-order valence-electron chi connectivity index (χ3n) is 7.45. The highest BCUT2D eigenvalue weighted by Crippen LogP contribution is 2.44. The van der Waals surface area contributed by atoms with Crippen molar-refractivity contribution < 1.29 is 18.7 Å². The second kappa shape index (κ2) is 9.89. The molecule has 1 saturated carbocycles. The van der Waals surface area contributed by atoms with E-state index in [0.717, 1.165) is 37.4 Å². The Balaban J connectivity index is 1.36. The number of halogens is 1. The first kappa shape index (κ1) is 22.6. The molecule has 4 nitrogen and oxygen atoms in total. The summed E-state index contributed by atoms with van der Waals surface area (Å²) in [5.41, 5.74) is -0.550. The van der Waals surface area contributed by atoms with Crippen LogP contribution in [0.2, 0.25) is 0 Å². The average molecular weight is 432 g/mol. The Labute approximate surface area is 186 Å². The minimum absolute atomic E-state index is 0.163. The van der Waals surface area contributed by atoms with Crippen molar-refractivity contribution in [3.05, 3.63) is 23.3 Å². The molecule has 0 radical (unpaired) electrons. The predicted octanol–water partition coefficient (Wildman–Crippen LogP) is 5.61. The Kier molecular flexibility index (Phi) is 7.20.